The summed E-state index contributed by atoms with van der Waals surface area (Å²) in [5, 5.41) is 0. The zero-order chi connectivity index (χ0) is 41.2. The van der Waals surface area contributed by atoms with Gasteiger partial charge in [0.2, 0.25) is 0 Å². The molecular formula is C58H48OSe. The minimum absolute atomic E-state index is 0.390. The van der Waals surface area contributed by atoms with E-state index in [-0.39, 0.29) is 0 Å². The molecule has 0 aromatic heterocycles. The predicted octanol–water partition coefficient (Wildman–Crippen LogP) is 13.3. The molecular weight excluding hydrogens is 792 g/mol. The van der Waals surface area contributed by atoms with Crippen molar-refractivity contribution >= 4 is 19.4 Å². The molecule has 8 aromatic rings. The molecule has 292 valence electrons. The van der Waals surface area contributed by atoms with Crippen LogP contribution in [0, 0.1) is 30.6 Å². The van der Waals surface area contributed by atoms with E-state index >= 15 is 0 Å². The maximum atomic E-state index is 4.94. The topological polar surface area (TPSA) is 9.23 Å². The van der Waals surface area contributed by atoms with Crippen LogP contribution in [0.25, 0.3) is 44.5 Å². The molecule has 0 aliphatic carbocycles. The van der Waals surface area contributed by atoms with E-state index in [1.165, 1.54) is 67.4 Å². The first kappa shape index (κ1) is 41.5. The van der Waals surface area contributed by atoms with Crippen molar-refractivity contribution in [2.24, 2.45) is 0 Å². The van der Waals surface area contributed by atoms with Crippen LogP contribution >= 0.6 is 0 Å². The molecule has 8 aromatic carbocycles. The molecule has 0 amide bonds. The van der Waals surface area contributed by atoms with E-state index in [1.54, 1.807) is 0 Å². The second-order valence-electron chi connectivity index (χ2n) is 14.4. The number of ether oxygens (including phenoxy) is 1. The third-order valence-corrected chi connectivity index (χ3v) is 11.8. The van der Waals surface area contributed by atoms with Crippen LogP contribution in [0.15, 0.2) is 206 Å². The fraction of sp³-hybridized carbons (Fsp3) is 0.103. The summed E-state index contributed by atoms with van der Waals surface area (Å²) in [5.74, 6) is 15.6. The first-order chi connectivity index (χ1) is 29.6. The van der Waals surface area contributed by atoms with Crippen molar-refractivity contribution in [1.82, 2.24) is 0 Å². The van der Waals surface area contributed by atoms with E-state index in [1.807, 2.05) is 18.2 Å². The van der Waals surface area contributed by atoms with Crippen LogP contribution in [-0.2, 0) is 4.74 Å². The first-order valence-electron chi connectivity index (χ1n) is 20.5. The molecule has 60 heavy (non-hydrogen) atoms. The van der Waals surface area contributed by atoms with Crippen molar-refractivity contribution in [3.63, 3.8) is 0 Å². The van der Waals surface area contributed by atoms with E-state index in [9.17, 15) is 0 Å². The number of hydrogen-bond donors (Lipinski definition) is 0. The zero-order valence-electron chi connectivity index (χ0n) is 34.3. The Bertz CT molecular complexity index is 2580. The van der Waals surface area contributed by atoms with E-state index in [0.29, 0.717) is 15.0 Å². The van der Waals surface area contributed by atoms with E-state index in [0.717, 1.165) is 35.5 Å². The van der Waals surface area contributed by atoms with Gasteiger partial charge in [-0.05, 0) is 59.4 Å². The molecule has 0 bridgehead atoms. The predicted molar refractivity (Wildman–Crippen MR) is 256 cm³/mol. The van der Waals surface area contributed by atoms with Gasteiger partial charge in [-0.3, -0.25) is 0 Å². The van der Waals surface area contributed by atoms with Crippen molar-refractivity contribution < 1.29 is 4.74 Å². The van der Waals surface area contributed by atoms with Crippen LogP contribution in [0.5, 0.6) is 0 Å². The molecule has 1 fully saturated rings. The first-order valence-corrected chi connectivity index (χ1v) is 23.0. The SMILES string of the molecule is C(#Cc1ccc(-c2ccccc2)cc1)c1ccc(-c2ccccc2)cc1.C1CCOC1.C[Se]c1cc(-c2ccccc2)ccc1C#Cc1ccc(-c2ccccc2)cc1C. The van der Waals surface area contributed by atoms with Crippen LogP contribution in [-0.4, -0.2) is 28.2 Å². The fourth-order valence-corrected chi connectivity index (χ4v) is 7.99. The Morgan fingerprint density at radius 3 is 1.10 bits per heavy atom. The molecule has 1 aliphatic heterocycles. The molecule has 1 heterocycles. The molecule has 9 rings (SSSR count). The molecule has 0 spiro atoms. The van der Waals surface area contributed by atoms with E-state index in [2.05, 4.69) is 224 Å². The molecule has 0 unspecified atom stereocenters. The van der Waals surface area contributed by atoms with Gasteiger partial charge in [-0.25, -0.2) is 0 Å². The molecule has 0 radical (unpaired) electrons. The van der Waals surface area contributed by atoms with Crippen molar-refractivity contribution in [3.05, 3.63) is 234 Å². The van der Waals surface area contributed by atoms with Crippen LogP contribution in [0.3, 0.4) is 0 Å². The number of aryl methyl sites for hydroxylation is 1. The molecule has 0 saturated carbocycles. The number of rotatable bonds is 5. The maximum absolute atomic E-state index is 4.94. The van der Waals surface area contributed by atoms with Crippen molar-refractivity contribution in [3.8, 4) is 68.2 Å². The van der Waals surface area contributed by atoms with Gasteiger partial charge in [-0.1, -0.05) is 96.8 Å². The van der Waals surface area contributed by atoms with Crippen LogP contribution in [0.1, 0.15) is 40.7 Å². The summed E-state index contributed by atoms with van der Waals surface area (Å²) < 4.78 is 6.30. The number of benzene rings is 8. The Hall–Kier alpha value is -6.64. The molecule has 0 N–H and O–H groups in total. The Labute approximate surface area is 363 Å². The van der Waals surface area contributed by atoms with Gasteiger partial charge < -0.3 is 4.74 Å². The summed E-state index contributed by atoms with van der Waals surface area (Å²) in [4.78, 5) is 0. The van der Waals surface area contributed by atoms with Gasteiger partial charge in [0.05, 0.1) is 0 Å². The Kier molecular flexibility index (Phi) is 15.2. The van der Waals surface area contributed by atoms with Crippen LogP contribution in [0.4, 0.5) is 0 Å². The second kappa shape index (κ2) is 21.9. The van der Waals surface area contributed by atoms with Gasteiger partial charge in [-0.2, -0.15) is 0 Å². The summed E-state index contributed by atoms with van der Waals surface area (Å²) in [6, 6.07) is 71.8. The van der Waals surface area contributed by atoms with Crippen molar-refractivity contribution in [2.75, 3.05) is 13.2 Å². The Balaban J connectivity index is 0.000000163. The molecule has 1 aliphatic rings. The van der Waals surface area contributed by atoms with Crippen LogP contribution in [0.2, 0.25) is 5.82 Å². The monoisotopic (exact) mass is 840 g/mol. The summed E-state index contributed by atoms with van der Waals surface area (Å²) in [6.07, 6.45) is 2.56. The van der Waals surface area contributed by atoms with Gasteiger partial charge >= 0.3 is 180 Å². The van der Waals surface area contributed by atoms with E-state index in [4.69, 9.17) is 4.74 Å². The van der Waals surface area contributed by atoms with Crippen molar-refractivity contribution in [2.45, 2.75) is 25.6 Å². The Morgan fingerprint density at radius 1 is 0.367 bits per heavy atom. The van der Waals surface area contributed by atoms with Crippen LogP contribution < -0.4 is 4.46 Å². The second-order valence-corrected chi connectivity index (χ2v) is 16.2. The van der Waals surface area contributed by atoms with Gasteiger partial charge in [0.25, 0.3) is 0 Å². The quantitative estimate of drug-likeness (QED) is 0.124. The third kappa shape index (κ3) is 12.0. The number of hydrogen-bond acceptors (Lipinski definition) is 1. The fourth-order valence-electron chi connectivity index (χ4n) is 6.76. The molecule has 2 heteroatoms. The van der Waals surface area contributed by atoms with E-state index < -0.39 is 0 Å². The standard InChI is InChI=1S/C28H22Se.C26H18.C4H8O/c1-21-19-26(23-9-5-3-6-10-23)17-14-22(21)13-15-25-16-18-27(20-28(25)29-2)24-11-7-4-8-12-24;1-3-7-23(8-4-1)25-17-13-21(14-18-25)11-12-22-15-19-26(20-16-22)24-9-5-2-6-10-24;1-2-4-5-3-1/h3-12,14,16-20H,1-2H3;1-10,13-20H;1-4H2. The van der Waals surface area contributed by atoms with Gasteiger partial charge in [-0.15, -0.1) is 0 Å². The third-order valence-electron chi connectivity index (χ3n) is 10.1. The minimum atomic E-state index is 0.390. The van der Waals surface area contributed by atoms with Crippen molar-refractivity contribution in [1.29, 1.82) is 0 Å². The summed E-state index contributed by atoms with van der Waals surface area (Å²) in [6.45, 7) is 4.14. The average molecular weight is 840 g/mol. The molecule has 1 nitrogen and oxygen atoms in total. The molecule has 0 atom stereocenters. The summed E-state index contributed by atoms with van der Waals surface area (Å²) >= 11 is 0.390. The van der Waals surface area contributed by atoms with Gasteiger partial charge in [0, 0.05) is 24.3 Å². The normalized spacial score (nSPS) is 11.3. The average Bonchev–Trinajstić information content (AvgIpc) is 3.93. The summed E-state index contributed by atoms with van der Waals surface area (Å²) in [5.41, 5.74) is 15.4. The Morgan fingerprint density at radius 2 is 0.717 bits per heavy atom. The summed E-state index contributed by atoms with van der Waals surface area (Å²) in [7, 11) is 0. The zero-order valence-corrected chi connectivity index (χ0v) is 36.0. The van der Waals surface area contributed by atoms with Gasteiger partial charge in [0.15, 0.2) is 0 Å². The molecule has 1 saturated heterocycles. The van der Waals surface area contributed by atoms with Gasteiger partial charge in [0.1, 0.15) is 0 Å².